The van der Waals surface area contributed by atoms with Crippen molar-refractivity contribution in [2.45, 2.75) is 46.1 Å². The maximum atomic E-state index is 9.26. The number of aromatic nitrogens is 2. The van der Waals surface area contributed by atoms with Gasteiger partial charge in [-0.2, -0.15) is 10.2 Å². The highest BCUT2D eigenvalue weighted by molar-refractivity contribution is 5.59. The van der Waals surface area contributed by atoms with E-state index in [1.165, 1.54) is 0 Å². The number of aryl methyl sites for hydroxylation is 2. The summed E-state index contributed by atoms with van der Waals surface area (Å²) in [6, 6.07) is 10.6. The van der Waals surface area contributed by atoms with Crippen LogP contribution in [0.1, 0.15) is 43.5 Å². The number of likely N-dealkylation sites (N-methyl/N-ethyl adjacent to an activating group) is 1. The minimum atomic E-state index is 0.520. The molecule has 142 valence electrons. The van der Waals surface area contributed by atoms with Gasteiger partial charge in [-0.25, -0.2) is 4.98 Å². The first-order valence-electron chi connectivity index (χ1n) is 9.77. The first-order valence-corrected chi connectivity index (χ1v) is 9.77. The molecule has 27 heavy (non-hydrogen) atoms. The van der Waals surface area contributed by atoms with Crippen molar-refractivity contribution < 1.29 is 0 Å². The summed E-state index contributed by atoms with van der Waals surface area (Å²) < 4.78 is 0. The molecule has 2 N–H and O–H groups in total. The van der Waals surface area contributed by atoms with Crippen LogP contribution in [0.5, 0.6) is 0 Å². The summed E-state index contributed by atoms with van der Waals surface area (Å²) in [4.78, 5) is 11.8. The lowest BCUT2D eigenvalue weighted by atomic mass is 10.1. The highest BCUT2D eigenvalue weighted by Gasteiger charge is 2.23. The zero-order chi connectivity index (χ0) is 19.2. The first-order chi connectivity index (χ1) is 13.1. The second-order valence-electron chi connectivity index (χ2n) is 7.05. The molecule has 6 heteroatoms. The summed E-state index contributed by atoms with van der Waals surface area (Å²) in [5.41, 5.74) is 3.52. The van der Waals surface area contributed by atoms with Gasteiger partial charge in [0.2, 0.25) is 5.95 Å². The molecule has 0 amide bonds. The minimum Gasteiger partial charge on any atom is -0.355 e. The summed E-state index contributed by atoms with van der Waals surface area (Å²) in [5, 5.41) is 16.1. The molecular formula is C21H28N6. The molecule has 1 aliphatic heterocycles. The molecule has 0 bridgehead atoms. The number of rotatable bonds is 7. The van der Waals surface area contributed by atoms with E-state index in [1.807, 2.05) is 25.1 Å². The van der Waals surface area contributed by atoms with E-state index in [2.05, 4.69) is 46.5 Å². The average molecular weight is 364 g/mol. The number of nitrogens with one attached hydrogen (secondary N) is 2. The molecule has 1 aromatic carbocycles. The number of benzene rings is 1. The standard InChI is InChI=1S/C21H28N6/c1-4-6-17-12-20(27-10-9-19(14-27)23-5-2)26-21(24-17)25-18-8-7-15(3)16(11-18)13-22/h7-8,11-12,19,23H,4-6,9-10,14H2,1-3H3,(H,24,25,26). The third kappa shape index (κ3) is 4.75. The van der Waals surface area contributed by atoms with Crippen LogP contribution >= 0.6 is 0 Å². The Balaban J connectivity index is 1.85. The van der Waals surface area contributed by atoms with Crippen LogP contribution in [-0.2, 0) is 6.42 Å². The van der Waals surface area contributed by atoms with E-state index < -0.39 is 0 Å². The van der Waals surface area contributed by atoms with Gasteiger partial charge in [-0.05, 0) is 44.0 Å². The van der Waals surface area contributed by atoms with Crippen LogP contribution in [0.3, 0.4) is 0 Å². The topological polar surface area (TPSA) is 76.9 Å². The van der Waals surface area contributed by atoms with Crippen LogP contribution in [-0.4, -0.2) is 35.6 Å². The van der Waals surface area contributed by atoms with Gasteiger partial charge in [0.05, 0.1) is 11.6 Å². The summed E-state index contributed by atoms with van der Waals surface area (Å²) in [5.74, 6) is 1.57. The fourth-order valence-corrected chi connectivity index (χ4v) is 3.46. The highest BCUT2D eigenvalue weighted by Crippen LogP contribution is 2.23. The molecule has 1 atom stereocenters. The molecular weight excluding hydrogens is 336 g/mol. The minimum absolute atomic E-state index is 0.520. The molecule has 0 saturated carbocycles. The molecule has 1 unspecified atom stereocenters. The Hall–Kier alpha value is -2.65. The number of hydrogen-bond acceptors (Lipinski definition) is 6. The van der Waals surface area contributed by atoms with E-state index >= 15 is 0 Å². The molecule has 1 aromatic heterocycles. The van der Waals surface area contributed by atoms with Gasteiger partial charge < -0.3 is 15.5 Å². The van der Waals surface area contributed by atoms with Crippen LogP contribution in [0.25, 0.3) is 0 Å². The van der Waals surface area contributed by atoms with Crippen molar-refractivity contribution in [2.24, 2.45) is 0 Å². The van der Waals surface area contributed by atoms with Gasteiger partial charge >= 0.3 is 0 Å². The predicted molar refractivity (Wildman–Crippen MR) is 109 cm³/mol. The quantitative estimate of drug-likeness (QED) is 0.782. The fourth-order valence-electron chi connectivity index (χ4n) is 3.46. The number of nitrogens with zero attached hydrogens (tertiary/aromatic N) is 4. The Bertz CT molecular complexity index is 826. The Kier molecular flexibility index (Phi) is 6.25. The van der Waals surface area contributed by atoms with Gasteiger partial charge in [0.15, 0.2) is 0 Å². The summed E-state index contributed by atoms with van der Waals surface area (Å²) in [7, 11) is 0. The van der Waals surface area contributed by atoms with Crippen LogP contribution in [0.15, 0.2) is 24.3 Å². The van der Waals surface area contributed by atoms with Crippen molar-refractivity contribution in [1.29, 1.82) is 5.26 Å². The Labute approximate surface area is 161 Å². The largest absolute Gasteiger partial charge is 0.355 e. The Morgan fingerprint density at radius 2 is 2.11 bits per heavy atom. The van der Waals surface area contributed by atoms with Crippen molar-refractivity contribution >= 4 is 17.5 Å². The first kappa shape index (κ1) is 19.1. The monoisotopic (exact) mass is 364 g/mol. The molecule has 2 heterocycles. The van der Waals surface area contributed by atoms with E-state index in [9.17, 15) is 5.26 Å². The smallest absolute Gasteiger partial charge is 0.229 e. The van der Waals surface area contributed by atoms with E-state index in [1.54, 1.807) is 0 Å². The molecule has 1 fully saturated rings. The van der Waals surface area contributed by atoms with Gasteiger partial charge in [0, 0.05) is 36.6 Å². The van der Waals surface area contributed by atoms with E-state index in [4.69, 9.17) is 4.98 Å². The number of nitriles is 1. The number of anilines is 3. The van der Waals surface area contributed by atoms with Crippen molar-refractivity contribution in [3.05, 3.63) is 41.1 Å². The third-order valence-electron chi connectivity index (χ3n) is 4.89. The van der Waals surface area contributed by atoms with E-state index in [0.29, 0.717) is 17.6 Å². The predicted octanol–water partition coefficient (Wildman–Crippen LogP) is 3.54. The third-order valence-corrected chi connectivity index (χ3v) is 4.89. The van der Waals surface area contributed by atoms with Gasteiger partial charge in [-0.15, -0.1) is 0 Å². The van der Waals surface area contributed by atoms with Gasteiger partial charge in [-0.1, -0.05) is 26.3 Å². The second kappa shape index (κ2) is 8.83. The normalized spacial score (nSPS) is 16.4. The molecule has 0 aliphatic carbocycles. The van der Waals surface area contributed by atoms with E-state index in [-0.39, 0.29) is 0 Å². The summed E-state index contributed by atoms with van der Waals surface area (Å²) in [6.45, 7) is 9.20. The highest BCUT2D eigenvalue weighted by atomic mass is 15.3. The lowest BCUT2D eigenvalue weighted by molar-refractivity contribution is 0.571. The van der Waals surface area contributed by atoms with Crippen LogP contribution in [0, 0.1) is 18.3 Å². The SMILES string of the molecule is CCCc1cc(N2CCC(NCC)C2)nc(Nc2ccc(C)c(C#N)c2)n1. The molecule has 0 spiro atoms. The van der Waals surface area contributed by atoms with Gasteiger partial charge in [0.25, 0.3) is 0 Å². The molecule has 6 nitrogen and oxygen atoms in total. The zero-order valence-corrected chi connectivity index (χ0v) is 16.4. The van der Waals surface area contributed by atoms with Crippen molar-refractivity contribution in [1.82, 2.24) is 15.3 Å². The average Bonchev–Trinajstić information content (AvgIpc) is 3.12. The van der Waals surface area contributed by atoms with Crippen LogP contribution in [0.2, 0.25) is 0 Å². The van der Waals surface area contributed by atoms with Crippen LogP contribution < -0.4 is 15.5 Å². The van der Waals surface area contributed by atoms with Gasteiger partial charge in [-0.3, -0.25) is 0 Å². The maximum absolute atomic E-state index is 9.26. The molecule has 2 aromatic rings. The lowest BCUT2D eigenvalue weighted by Gasteiger charge is -2.19. The number of hydrogen-bond donors (Lipinski definition) is 2. The van der Waals surface area contributed by atoms with Crippen LogP contribution in [0.4, 0.5) is 17.5 Å². The lowest BCUT2D eigenvalue weighted by Crippen LogP contribution is -2.32. The summed E-state index contributed by atoms with van der Waals surface area (Å²) >= 11 is 0. The molecule has 1 aliphatic rings. The van der Waals surface area contributed by atoms with Gasteiger partial charge in [0.1, 0.15) is 5.82 Å². The second-order valence-corrected chi connectivity index (χ2v) is 7.05. The molecule has 1 saturated heterocycles. The van der Waals surface area contributed by atoms with E-state index in [0.717, 1.165) is 61.7 Å². The summed E-state index contributed by atoms with van der Waals surface area (Å²) in [6.07, 6.45) is 3.10. The molecule has 0 radical (unpaired) electrons. The molecule has 3 rings (SSSR count). The zero-order valence-electron chi connectivity index (χ0n) is 16.4. The maximum Gasteiger partial charge on any atom is 0.229 e. The van der Waals surface area contributed by atoms with Crippen molar-refractivity contribution in [3.63, 3.8) is 0 Å². The Morgan fingerprint density at radius 3 is 2.85 bits per heavy atom. The van der Waals surface area contributed by atoms with Crippen molar-refractivity contribution in [3.8, 4) is 6.07 Å². The Morgan fingerprint density at radius 1 is 1.26 bits per heavy atom. The fraction of sp³-hybridized carbons (Fsp3) is 0.476. The van der Waals surface area contributed by atoms with Crippen molar-refractivity contribution in [2.75, 3.05) is 29.9 Å².